The number of carboxylic acid groups (broad SMARTS) is 1. The zero-order chi connectivity index (χ0) is 14.7. The number of imidazole rings is 1. The van der Waals surface area contributed by atoms with Crippen molar-refractivity contribution < 1.29 is 19.4 Å². The summed E-state index contributed by atoms with van der Waals surface area (Å²) in [5, 5.41) is 9.02. The monoisotopic (exact) mass is 299 g/mol. The van der Waals surface area contributed by atoms with Crippen molar-refractivity contribution in [1.82, 2.24) is 14.3 Å². The van der Waals surface area contributed by atoms with Gasteiger partial charge in [-0.15, -0.1) is 0 Å². The number of hydrogen-bond acceptors (Lipinski definition) is 5. The zero-order valence-corrected chi connectivity index (χ0v) is 11.6. The van der Waals surface area contributed by atoms with Crippen LogP contribution in [0.2, 0.25) is 0 Å². The molecular weight excluding hydrogens is 281 g/mol. The van der Waals surface area contributed by atoms with Gasteiger partial charge in [0, 0.05) is 31.9 Å². The van der Waals surface area contributed by atoms with E-state index in [1.165, 1.54) is 10.6 Å². The van der Waals surface area contributed by atoms with Crippen LogP contribution in [0.25, 0.3) is 5.65 Å². The second-order valence-corrected chi connectivity index (χ2v) is 4.84. The summed E-state index contributed by atoms with van der Waals surface area (Å²) in [6, 6.07) is 3.49. The van der Waals surface area contributed by atoms with Crippen LogP contribution in [0, 0.1) is 0 Å². The molecule has 2 aromatic heterocycles. The SMILES string of the molecule is O=C(O)c1cnc2cc(OCCN3CCOCC3)ccn12.[LiH]. The minimum absolute atomic E-state index is 0. The molecule has 1 fully saturated rings. The number of nitrogens with zero attached hydrogens (tertiary/aromatic N) is 3. The fraction of sp³-hybridized carbons (Fsp3) is 0.429. The first-order valence-electron chi connectivity index (χ1n) is 6.87. The number of fused-ring (bicyclic) bond motifs is 1. The summed E-state index contributed by atoms with van der Waals surface area (Å²) in [6.45, 7) is 4.86. The standard InChI is InChI=1S/C14H17N3O4.Li.H/c18-14(19)12-10-15-13-9-11(1-2-17(12)13)21-8-5-16-3-6-20-7-4-16;;/h1-2,9-10H,3-8H2,(H,18,19);;. The van der Waals surface area contributed by atoms with Crippen LogP contribution < -0.4 is 4.74 Å². The van der Waals surface area contributed by atoms with Crippen LogP contribution >= 0.6 is 0 Å². The van der Waals surface area contributed by atoms with Gasteiger partial charge in [0.05, 0.1) is 19.4 Å². The molecule has 0 aromatic carbocycles. The summed E-state index contributed by atoms with van der Waals surface area (Å²) in [5.74, 6) is -0.304. The second kappa shape index (κ2) is 7.65. The topological polar surface area (TPSA) is 76.3 Å². The van der Waals surface area contributed by atoms with Crippen LogP contribution in [0.1, 0.15) is 10.5 Å². The minimum atomic E-state index is -0.997. The summed E-state index contributed by atoms with van der Waals surface area (Å²) in [5.41, 5.74) is 0.709. The van der Waals surface area contributed by atoms with Crippen molar-refractivity contribution in [2.45, 2.75) is 0 Å². The van der Waals surface area contributed by atoms with Crippen molar-refractivity contribution >= 4 is 30.5 Å². The molecule has 0 atom stereocenters. The number of carbonyl (C=O) groups is 1. The van der Waals surface area contributed by atoms with Gasteiger partial charge in [0.2, 0.25) is 0 Å². The van der Waals surface area contributed by atoms with Crippen molar-refractivity contribution in [3.05, 3.63) is 30.2 Å². The van der Waals surface area contributed by atoms with Gasteiger partial charge in [0.25, 0.3) is 0 Å². The molecule has 2 aromatic rings. The van der Waals surface area contributed by atoms with Gasteiger partial charge in [-0.2, -0.15) is 0 Å². The fourth-order valence-corrected chi connectivity index (χ4v) is 2.33. The molecule has 1 aliphatic rings. The summed E-state index contributed by atoms with van der Waals surface area (Å²) in [7, 11) is 0. The van der Waals surface area contributed by atoms with Crippen molar-refractivity contribution in [1.29, 1.82) is 0 Å². The molecular formula is C14H18LiN3O4. The Morgan fingerprint density at radius 1 is 1.41 bits per heavy atom. The van der Waals surface area contributed by atoms with Gasteiger partial charge in [-0.1, -0.05) is 0 Å². The molecule has 0 spiro atoms. The predicted molar refractivity (Wildman–Crippen MR) is 82.1 cm³/mol. The molecule has 7 nitrogen and oxygen atoms in total. The number of hydrogen-bond donors (Lipinski definition) is 1. The number of rotatable bonds is 5. The Bertz CT molecular complexity index is 640. The fourth-order valence-electron chi connectivity index (χ4n) is 2.33. The number of ether oxygens (including phenoxy) is 2. The molecule has 1 saturated heterocycles. The number of morpholine rings is 1. The quantitative estimate of drug-likeness (QED) is 0.789. The summed E-state index contributed by atoms with van der Waals surface area (Å²) in [6.07, 6.45) is 3.00. The molecule has 0 aliphatic carbocycles. The van der Waals surface area contributed by atoms with Crippen LogP contribution in [0.4, 0.5) is 0 Å². The van der Waals surface area contributed by atoms with E-state index in [0.717, 1.165) is 32.8 Å². The molecule has 22 heavy (non-hydrogen) atoms. The van der Waals surface area contributed by atoms with E-state index < -0.39 is 5.97 Å². The first-order valence-corrected chi connectivity index (χ1v) is 6.87. The molecule has 0 saturated carbocycles. The van der Waals surface area contributed by atoms with Crippen molar-refractivity contribution in [2.24, 2.45) is 0 Å². The van der Waals surface area contributed by atoms with Crippen LogP contribution in [-0.2, 0) is 4.74 Å². The Morgan fingerprint density at radius 2 is 2.18 bits per heavy atom. The Balaban J connectivity index is 0.00000176. The molecule has 0 amide bonds. The van der Waals surface area contributed by atoms with Crippen molar-refractivity contribution in [2.75, 3.05) is 39.5 Å². The number of aromatic nitrogens is 2. The maximum atomic E-state index is 11.0. The zero-order valence-electron chi connectivity index (χ0n) is 11.6. The van der Waals surface area contributed by atoms with E-state index >= 15 is 0 Å². The molecule has 0 unspecified atom stereocenters. The van der Waals surface area contributed by atoms with E-state index in [1.807, 2.05) is 0 Å². The summed E-state index contributed by atoms with van der Waals surface area (Å²) >= 11 is 0. The van der Waals surface area contributed by atoms with Gasteiger partial charge in [-0.25, -0.2) is 9.78 Å². The molecule has 8 heteroatoms. The second-order valence-electron chi connectivity index (χ2n) is 4.84. The van der Waals surface area contributed by atoms with Gasteiger partial charge in [-0.3, -0.25) is 9.30 Å². The maximum absolute atomic E-state index is 11.0. The number of aromatic carboxylic acids is 1. The Labute approximate surface area is 140 Å². The van der Waals surface area contributed by atoms with E-state index in [0.29, 0.717) is 18.0 Å². The van der Waals surface area contributed by atoms with Gasteiger partial charge in [-0.05, 0) is 6.07 Å². The average Bonchev–Trinajstić information content (AvgIpc) is 2.91. The molecule has 1 N–H and O–H groups in total. The van der Waals surface area contributed by atoms with E-state index in [2.05, 4.69) is 9.88 Å². The normalized spacial score (nSPS) is 15.5. The Morgan fingerprint density at radius 3 is 2.91 bits per heavy atom. The van der Waals surface area contributed by atoms with E-state index in [-0.39, 0.29) is 24.6 Å². The van der Waals surface area contributed by atoms with Gasteiger partial charge < -0.3 is 14.6 Å². The first-order chi connectivity index (χ1) is 10.2. The molecule has 0 bridgehead atoms. The Kier molecular flexibility index (Phi) is 5.86. The molecule has 3 rings (SSSR count). The van der Waals surface area contributed by atoms with E-state index in [9.17, 15) is 4.79 Å². The van der Waals surface area contributed by atoms with Crippen LogP contribution in [0.5, 0.6) is 5.75 Å². The van der Waals surface area contributed by atoms with Gasteiger partial charge in [0.1, 0.15) is 18.0 Å². The predicted octanol–water partition coefficient (Wildman–Crippen LogP) is 0.0950. The third-order valence-corrected chi connectivity index (χ3v) is 3.48. The average molecular weight is 299 g/mol. The van der Waals surface area contributed by atoms with Crippen LogP contribution in [0.3, 0.4) is 0 Å². The van der Waals surface area contributed by atoms with Crippen LogP contribution in [-0.4, -0.2) is 83.7 Å². The molecule has 3 heterocycles. The van der Waals surface area contributed by atoms with Gasteiger partial charge in [0.15, 0.2) is 5.69 Å². The third kappa shape index (κ3) is 3.81. The van der Waals surface area contributed by atoms with E-state index in [4.69, 9.17) is 14.6 Å². The number of pyridine rings is 1. The third-order valence-electron chi connectivity index (χ3n) is 3.48. The van der Waals surface area contributed by atoms with E-state index in [1.54, 1.807) is 18.3 Å². The van der Waals surface area contributed by atoms with Crippen molar-refractivity contribution in [3.8, 4) is 5.75 Å². The summed E-state index contributed by atoms with van der Waals surface area (Å²) < 4.78 is 12.5. The Hall–Kier alpha value is -1.52. The molecule has 0 radical (unpaired) electrons. The molecule has 114 valence electrons. The van der Waals surface area contributed by atoms with Crippen molar-refractivity contribution in [3.63, 3.8) is 0 Å². The molecule has 1 aliphatic heterocycles. The number of carboxylic acids is 1. The van der Waals surface area contributed by atoms with Crippen LogP contribution in [0.15, 0.2) is 24.5 Å². The van der Waals surface area contributed by atoms with Gasteiger partial charge >= 0.3 is 24.8 Å². The first kappa shape index (κ1) is 16.8. The summed E-state index contributed by atoms with van der Waals surface area (Å²) in [4.78, 5) is 17.4.